The normalized spacial score (nSPS) is 10.3. The molecule has 1 aromatic carbocycles. The minimum Gasteiger partial charge on any atom is -0.476 e. The van der Waals surface area contributed by atoms with Gasteiger partial charge < -0.3 is 9.84 Å². The van der Waals surface area contributed by atoms with E-state index in [2.05, 4.69) is 9.97 Å². The van der Waals surface area contributed by atoms with Crippen LogP contribution in [0.25, 0.3) is 11.0 Å². The molecule has 0 atom stereocenters. The molecule has 6 nitrogen and oxygen atoms in total. The zero-order valence-corrected chi connectivity index (χ0v) is 9.58. The molecule has 18 heavy (non-hydrogen) atoms. The minimum atomic E-state index is -1.31. The number of carboxylic acid groups (broad SMARTS) is 1. The van der Waals surface area contributed by atoms with Gasteiger partial charge in [0.2, 0.25) is 0 Å². The number of nitrogens with zero attached hydrogens (tertiary/aromatic N) is 2. The van der Waals surface area contributed by atoms with Crippen LogP contribution in [-0.4, -0.2) is 33.6 Å². The third-order valence-electron chi connectivity index (χ3n) is 2.24. The molecule has 1 aromatic heterocycles. The molecular formula is C12H10N2O4. The summed E-state index contributed by atoms with van der Waals surface area (Å²) in [5.74, 6) is -2.09. The van der Waals surface area contributed by atoms with E-state index < -0.39 is 17.6 Å². The van der Waals surface area contributed by atoms with E-state index in [1.54, 1.807) is 31.2 Å². The largest absolute Gasteiger partial charge is 0.476 e. The Labute approximate surface area is 102 Å². The number of hydrogen-bond donors (Lipinski definition) is 1. The van der Waals surface area contributed by atoms with E-state index in [4.69, 9.17) is 9.84 Å². The lowest BCUT2D eigenvalue weighted by Crippen LogP contribution is -2.16. The summed E-state index contributed by atoms with van der Waals surface area (Å²) < 4.78 is 4.76. The third kappa shape index (κ3) is 2.13. The Balaban J connectivity index is 2.65. The molecule has 0 unspecified atom stereocenters. The van der Waals surface area contributed by atoms with Gasteiger partial charge in [0.05, 0.1) is 17.6 Å². The lowest BCUT2D eigenvalue weighted by molar-refractivity contribution is 0.0506. The van der Waals surface area contributed by atoms with Crippen molar-refractivity contribution in [1.82, 2.24) is 9.97 Å². The topological polar surface area (TPSA) is 89.4 Å². The number of para-hydroxylation sites is 2. The molecule has 0 bridgehead atoms. The molecule has 2 aromatic rings. The molecular weight excluding hydrogens is 236 g/mol. The van der Waals surface area contributed by atoms with Crippen molar-refractivity contribution >= 4 is 23.0 Å². The SMILES string of the molecule is CCOC(=O)c1nc2ccccc2nc1C(=O)O. The van der Waals surface area contributed by atoms with Crippen LogP contribution in [0, 0.1) is 0 Å². The molecule has 0 radical (unpaired) electrons. The number of benzene rings is 1. The van der Waals surface area contributed by atoms with Gasteiger partial charge in [-0.3, -0.25) is 0 Å². The summed E-state index contributed by atoms with van der Waals surface area (Å²) in [6.07, 6.45) is 0. The highest BCUT2D eigenvalue weighted by atomic mass is 16.5. The van der Waals surface area contributed by atoms with Gasteiger partial charge in [-0.25, -0.2) is 19.6 Å². The van der Waals surface area contributed by atoms with E-state index in [0.717, 1.165) is 0 Å². The molecule has 0 aliphatic carbocycles. The van der Waals surface area contributed by atoms with Gasteiger partial charge in [-0.15, -0.1) is 0 Å². The summed E-state index contributed by atoms with van der Waals surface area (Å²) >= 11 is 0. The molecule has 2 rings (SSSR count). The third-order valence-corrected chi connectivity index (χ3v) is 2.24. The average molecular weight is 246 g/mol. The molecule has 0 aliphatic rings. The summed E-state index contributed by atoms with van der Waals surface area (Å²) in [5.41, 5.74) is 0.198. The monoisotopic (exact) mass is 246 g/mol. The summed E-state index contributed by atoms with van der Waals surface area (Å²) in [5, 5.41) is 9.03. The van der Waals surface area contributed by atoms with E-state index in [0.29, 0.717) is 11.0 Å². The van der Waals surface area contributed by atoms with Crippen molar-refractivity contribution in [2.45, 2.75) is 6.92 Å². The standard InChI is InChI=1S/C12H10N2O4/c1-2-18-12(17)10-9(11(15)16)13-7-5-3-4-6-8(7)14-10/h3-6H,2H2,1H3,(H,15,16). The van der Waals surface area contributed by atoms with Crippen LogP contribution in [0.1, 0.15) is 27.9 Å². The Morgan fingerprint density at radius 3 is 2.22 bits per heavy atom. The van der Waals surface area contributed by atoms with Crippen molar-refractivity contribution in [3.05, 3.63) is 35.7 Å². The molecule has 0 aliphatic heterocycles. The van der Waals surface area contributed by atoms with Crippen LogP contribution in [0.2, 0.25) is 0 Å². The fraction of sp³-hybridized carbons (Fsp3) is 0.167. The van der Waals surface area contributed by atoms with Crippen molar-refractivity contribution in [2.24, 2.45) is 0 Å². The predicted octanol–water partition coefficient (Wildman–Crippen LogP) is 1.50. The average Bonchev–Trinajstić information content (AvgIpc) is 2.37. The zero-order chi connectivity index (χ0) is 13.1. The molecule has 6 heteroatoms. The second-order valence-electron chi connectivity index (χ2n) is 3.44. The van der Waals surface area contributed by atoms with Crippen molar-refractivity contribution < 1.29 is 19.4 Å². The molecule has 0 fully saturated rings. The predicted molar refractivity (Wildman–Crippen MR) is 62.5 cm³/mol. The first-order valence-electron chi connectivity index (χ1n) is 5.30. The van der Waals surface area contributed by atoms with Gasteiger partial charge in [-0.05, 0) is 19.1 Å². The van der Waals surface area contributed by atoms with Gasteiger partial charge in [0.15, 0.2) is 11.4 Å². The number of aromatic nitrogens is 2. The molecule has 0 saturated carbocycles. The van der Waals surface area contributed by atoms with E-state index in [-0.39, 0.29) is 12.3 Å². The van der Waals surface area contributed by atoms with E-state index in [1.165, 1.54) is 0 Å². The highest BCUT2D eigenvalue weighted by molar-refractivity contribution is 6.01. The second kappa shape index (κ2) is 4.79. The van der Waals surface area contributed by atoms with Crippen LogP contribution < -0.4 is 0 Å². The number of fused-ring (bicyclic) bond motifs is 1. The summed E-state index contributed by atoms with van der Waals surface area (Å²) in [4.78, 5) is 30.6. The smallest absolute Gasteiger partial charge is 0.359 e. The first kappa shape index (κ1) is 12.0. The van der Waals surface area contributed by atoms with Crippen LogP contribution in [-0.2, 0) is 4.74 Å². The van der Waals surface area contributed by atoms with Gasteiger partial charge in [0.25, 0.3) is 0 Å². The minimum absolute atomic E-state index is 0.145. The van der Waals surface area contributed by atoms with Gasteiger partial charge in [-0.1, -0.05) is 12.1 Å². The van der Waals surface area contributed by atoms with Crippen LogP contribution in [0.15, 0.2) is 24.3 Å². The molecule has 1 heterocycles. The van der Waals surface area contributed by atoms with Crippen molar-refractivity contribution in [2.75, 3.05) is 6.61 Å². The van der Waals surface area contributed by atoms with Crippen molar-refractivity contribution in [3.63, 3.8) is 0 Å². The number of esters is 1. The van der Waals surface area contributed by atoms with Gasteiger partial charge in [0.1, 0.15) is 0 Å². The van der Waals surface area contributed by atoms with Gasteiger partial charge in [0, 0.05) is 0 Å². The number of rotatable bonds is 3. The number of aromatic carboxylic acids is 1. The fourth-order valence-corrected chi connectivity index (χ4v) is 1.49. The van der Waals surface area contributed by atoms with Crippen LogP contribution >= 0.6 is 0 Å². The lowest BCUT2D eigenvalue weighted by Gasteiger charge is -2.05. The second-order valence-corrected chi connectivity index (χ2v) is 3.44. The Kier molecular flexibility index (Phi) is 3.18. The van der Waals surface area contributed by atoms with Crippen molar-refractivity contribution in [1.29, 1.82) is 0 Å². The van der Waals surface area contributed by atoms with Crippen LogP contribution in [0.4, 0.5) is 0 Å². The Bertz CT molecular complexity index is 625. The Morgan fingerprint density at radius 2 is 1.72 bits per heavy atom. The number of carboxylic acids is 1. The Hall–Kier alpha value is -2.50. The molecule has 0 amide bonds. The zero-order valence-electron chi connectivity index (χ0n) is 9.58. The molecule has 0 saturated heterocycles. The van der Waals surface area contributed by atoms with Gasteiger partial charge in [-0.2, -0.15) is 0 Å². The van der Waals surface area contributed by atoms with E-state index in [1.807, 2.05) is 0 Å². The number of carbonyl (C=O) groups is 2. The highest BCUT2D eigenvalue weighted by Crippen LogP contribution is 2.13. The molecule has 1 N–H and O–H groups in total. The first-order valence-corrected chi connectivity index (χ1v) is 5.30. The highest BCUT2D eigenvalue weighted by Gasteiger charge is 2.22. The maximum Gasteiger partial charge on any atom is 0.359 e. The maximum absolute atomic E-state index is 11.6. The first-order chi connectivity index (χ1) is 8.63. The van der Waals surface area contributed by atoms with E-state index >= 15 is 0 Å². The lowest BCUT2D eigenvalue weighted by atomic mass is 10.2. The summed E-state index contributed by atoms with van der Waals surface area (Å²) in [7, 11) is 0. The van der Waals surface area contributed by atoms with Crippen LogP contribution in [0.3, 0.4) is 0 Å². The summed E-state index contributed by atoms with van der Waals surface area (Å²) in [6, 6.07) is 6.72. The van der Waals surface area contributed by atoms with Gasteiger partial charge >= 0.3 is 11.9 Å². The van der Waals surface area contributed by atoms with Crippen molar-refractivity contribution in [3.8, 4) is 0 Å². The number of carbonyl (C=O) groups excluding carboxylic acids is 1. The number of hydrogen-bond acceptors (Lipinski definition) is 5. The summed E-state index contributed by atoms with van der Waals surface area (Å²) in [6.45, 7) is 1.78. The number of ether oxygens (including phenoxy) is 1. The Morgan fingerprint density at radius 1 is 1.17 bits per heavy atom. The maximum atomic E-state index is 11.6. The van der Waals surface area contributed by atoms with Crippen LogP contribution in [0.5, 0.6) is 0 Å². The fourth-order valence-electron chi connectivity index (χ4n) is 1.49. The quantitative estimate of drug-likeness (QED) is 0.825. The van der Waals surface area contributed by atoms with E-state index in [9.17, 15) is 9.59 Å². The molecule has 92 valence electrons. The molecule has 0 spiro atoms.